The topological polar surface area (TPSA) is 76.0 Å². The predicted molar refractivity (Wildman–Crippen MR) is 158 cm³/mol. The molecule has 0 aliphatic carbocycles. The third-order valence-electron chi connectivity index (χ3n) is 6.82. The van der Waals surface area contributed by atoms with Crippen LogP contribution in [0.25, 0.3) is 11.0 Å². The van der Waals surface area contributed by atoms with Crippen LogP contribution in [0.15, 0.2) is 53.2 Å². The number of benzene rings is 1. The van der Waals surface area contributed by atoms with Gasteiger partial charge in [-0.25, -0.2) is 4.98 Å². The Morgan fingerprint density at radius 2 is 1.71 bits per heavy atom. The van der Waals surface area contributed by atoms with Gasteiger partial charge in [0.15, 0.2) is 0 Å². The first-order valence-corrected chi connectivity index (χ1v) is 15.3. The summed E-state index contributed by atoms with van der Waals surface area (Å²) in [6, 6.07) is 13.8. The molecule has 0 bridgehead atoms. The fourth-order valence-electron chi connectivity index (χ4n) is 4.88. The lowest BCUT2D eigenvalue weighted by Gasteiger charge is -2.20. The van der Waals surface area contributed by atoms with Crippen LogP contribution in [0.3, 0.4) is 0 Å². The number of amides is 2. The van der Waals surface area contributed by atoms with E-state index in [4.69, 9.17) is 4.98 Å². The molecule has 2 amide bonds. The van der Waals surface area contributed by atoms with E-state index in [1.54, 1.807) is 22.7 Å². The molecule has 0 unspecified atom stereocenters. The van der Waals surface area contributed by atoms with Gasteiger partial charge in [0.2, 0.25) is 5.91 Å². The third kappa shape index (κ3) is 6.91. The van der Waals surface area contributed by atoms with Crippen molar-refractivity contribution >= 4 is 45.5 Å². The van der Waals surface area contributed by atoms with E-state index in [0.29, 0.717) is 24.6 Å². The van der Waals surface area contributed by atoms with E-state index in [2.05, 4.69) is 66.5 Å². The van der Waals surface area contributed by atoms with Gasteiger partial charge in [0.25, 0.3) is 5.91 Å². The summed E-state index contributed by atoms with van der Waals surface area (Å²) < 4.78 is 2.35. The Hall–Kier alpha value is -2.97. The molecule has 4 aromatic rings. The highest BCUT2D eigenvalue weighted by Crippen LogP contribution is 2.28. The van der Waals surface area contributed by atoms with E-state index >= 15 is 0 Å². The van der Waals surface area contributed by atoms with Gasteiger partial charge < -0.3 is 15.2 Å². The lowest BCUT2D eigenvalue weighted by molar-refractivity contribution is -0.123. The van der Waals surface area contributed by atoms with E-state index in [0.717, 1.165) is 42.5 Å². The van der Waals surface area contributed by atoms with Crippen LogP contribution in [0, 0.1) is 5.92 Å². The molecule has 202 valence electrons. The lowest BCUT2D eigenvalue weighted by atomic mass is 10.0. The quantitative estimate of drug-likeness (QED) is 0.197. The SMILES string of the molecule is CCC(CC)n1c(Cc2cccs2)nc2cc(C(=O)N[C@@H](CC(C)C)C(=O)NCCc3cccs3)ccc21. The molecule has 0 radical (unpaired) electrons. The average Bonchev–Trinajstić information content (AvgIpc) is 3.66. The maximum absolute atomic E-state index is 13.3. The number of carbonyl (C=O) groups excluding carboxylic acids is 2. The van der Waals surface area contributed by atoms with Gasteiger partial charge >= 0.3 is 0 Å². The normalized spacial score (nSPS) is 12.4. The lowest BCUT2D eigenvalue weighted by Crippen LogP contribution is -2.47. The van der Waals surface area contributed by atoms with Gasteiger partial charge in [-0.2, -0.15) is 0 Å². The number of aromatic nitrogens is 2. The van der Waals surface area contributed by atoms with E-state index in [9.17, 15) is 9.59 Å². The van der Waals surface area contributed by atoms with Crippen molar-refractivity contribution in [1.82, 2.24) is 20.2 Å². The van der Waals surface area contributed by atoms with Crippen molar-refractivity contribution in [2.24, 2.45) is 5.92 Å². The predicted octanol–water partition coefficient (Wildman–Crippen LogP) is 6.61. The first-order valence-electron chi connectivity index (χ1n) is 13.5. The highest BCUT2D eigenvalue weighted by molar-refractivity contribution is 7.10. The molecule has 1 aromatic carbocycles. The van der Waals surface area contributed by atoms with Gasteiger partial charge in [0, 0.05) is 34.3 Å². The van der Waals surface area contributed by atoms with Gasteiger partial charge in [-0.3, -0.25) is 9.59 Å². The minimum absolute atomic E-state index is 0.138. The molecule has 0 spiro atoms. The van der Waals surface area contributed by atoms with Crippen molar-refractivity contribution in [1.29, 1.82) is 0 Å². The molecule has 1 atom stereocenters. The summed E-state index contributed by atoms with van der Waals surface area (Å²) in [5.41, 5.74) is 2.39. The van der Waals surface area contributed by atoms with Gasteiger partial charge in [0.05, 0.1) is 11.0 Å². The Morgan fingerprint density at radius 1 is 1.00 bits per heavy atom. The van der Waals surface area contributed by atoms with Gasteiger partial charge in [-0.15, -0.1) is 22.7 Å². The van der Waals surface area contributed by atoms with Gasteiger partial charge in [0.1, 0.15) is 11.9 Å². The van der Waals surface area contributed by atoms with Crippen molar-refractivity contribution in [3.05, 3.63) is 74.4 Å². The second-order valence-corrected chi connectivity index (χ2v) is 12.2. The first kappa shape index (κ1) is 28.0. The number of rotatable bonds is 13. The number of imidazole rings is 1. The molecule has 2 N–H and O–H groups in total. The highest BCUT2D eigenvalue weighted by atomic mass is 32.1. The zero-order chi connectivity index (χ0) is 27.1. The molecule has 3 aromatic heterocycles. The van der Waals surface area contributed by atoms with Gasteiger partial charge in [-0.1, -0.05) is 39.8 Å². The molecule has 3 heterocycles. The molecule has 0 saturated carbocycles. The number of fused-ring (bicyclic) bond motifs is 1. The van der Waals surface area contributed by atoms with Crippen LogP contribution in [0.1, 0.15) is 78.9 Å². The molecule has 0 aliphatic heterocycles. The van der Waals surface area contributed by atoms with Gasteiger partial charge in [-0.05, 0) is 72.7 Å². The Bertz CT molecular complexity index is 1320. The van der Waals surface area contributed by atoms with E-state index < -0.39 is 6.04 Å². The smallest absolute Gasteiger partial charge is 0.252 e. The van der Waals surface area contributed by atoms with Crippen LogP contribution in [0.5, 0.6) is 0 Å². The number of nitrogens with zero attached hydrogens (tertiary/aromatic N) is 2. The third-order valence-corrected chi connectivity index (χ3v) is 8.64. The number of carbonyl (C=O) groups is 2. The van der Waals surface area contributed by atoms with Crippen LogP contribution in [0.4, 0.5) is 0 Å². The molecule has 38 heavy (non-hydrogen) atoms. The molecule has 0 saturated heterocycles. The number of nitrogens with one attached hydrogen (secondary N) is 2. The summed E-state index contributed by atoms with van der Waals surface area (Å²) in [6.45, 7) is 9.08. The van der Waals surface area contributed by atoms with Crippen LogP contribution in [-0.4, -0.2) is 34.0 Å². The average molecular weight is 551 g/mol. The summed E-state index contributed by atoms with van der Waals surface area (Å²) in [5, 5.41) is 10.1. The van der Waals surface area contributed by atoms with E-state index in [1.165, 1.54) is 9.75 Å². The van der Waals surface area contributed by atoms with E-state index in [-0.39, 0.29) is 17.7 Å². The molecule has 6 nitrogen and oxygen atoms in total. The van der Waals surface area contributed by atoms with Crippen LogP contribution in [0.2, 0.25) is 0 Å². The molecular weight excluding hydrogens is 512 g/mol. The van der Waals surface area contributed by atoms with Crippen molar-refractivity contribution in [3.63, 3.8) is 0 Å². The maximum Gasteiger partial charge on any atom is 0.252 e. The fraction of sp³-hybridized carbons (Fsp3) is 0.433. The Labute approximate surface area is 233 Å². The molecule has 8 heteroatoms. The zero-order valence-corrected chi connectivity index (χ0v) is 24.3. The monoisotopic (exact) mass is 550 g/mol. The van der Waals surface area contributed by atoms with Crippen molar-refractivity contribution in [3.8, 4) is 0 Å². The molecular formula is C30H38N4O2S2. The largest absolute Gasteiger partial charge is 0.354 e. The Kier molecular flexibility index (Phi) is 9.74. The number of hydrogen-bond donors (Lipinski definition) is 2. The van der Waals surface area contributed by atoms with Crippen molar-refractivity contribution in [2.75, 3.05) is 6.54 Å². The van der Waals surface area contributed by atoms with Crippen LogP contribution >= 0.6 is 22.7 Å². The maximum atomic E-state index is 13.3. The first-order chi connectivity index (χ1) is 18.4. The van der Waals surface area contributed by atoms with Crippen LogP contribution < -0.4 is 10.6 Å². The fourth-order valence-corrected chi connectivity index (χ4v) is 6.29. The standard InChI is InChI=1S/C30H38N4O2S2/c1-5-22(6-2)34-27-12-11-21(18-25(27)32-28(34)19-24-10-8-16-38-24)29(35)33-26(17-20(3)4)30(36)31-14-13-23-9-7-15-37-23/h7-12,15-16,18,20,22,26H,5-6,13-14,17,19H2,1-4H3,(H,31,36)(H,33,35)/t26-/m0/s1. The second-order valence-electron chi connectivity index (χ2n) is 10.1. The molecule has 4 rings (SSSR count). The summed E-state index contributed by atoms with van der Waals surface area (Å²) in [5.74, 6) is 0.904. The number of hydrogen-bond acceptors (Lipinski definition) is 5. The zero-order valence-electron chi connectivity index (χ0n) is 22.7. The minimum Gasteiger partial charge on any atom is -0.354 e. The van der Waals surface area contributed by atoms with E-state index in [1.807, 2.05) is 29.6 Å². The Morgan fingerprint density at radius 3 is 2.34 bits per heavy atom. The highest BCUT2D eigenvalue weighted by Gasteiger charge is 2.24. The summed E-state index contributed by atoms with van der Waals surface area (Å²) in [7, 11) is 0. The second kappa shape index (κ2) is 13.2. The summed E-state index contributed by atoms with van der Waals surface area (Å²) in [6.07, 6.45) is 4.16. The summed E-state index contributed by atoms with van der Waals surface area (Å²) >= 11 is 3.42. The molecule has 0 aliphatic rings. The summed E-state index contributed by atoms with van der Waals surface area (Å²) in [4.78, 5) is 33.8. The van der Waals surface area contributed by atoms with Crippen LogP contribution in [-0.2, 0) is 17.6 Å². The van der Waals surface area contributed by atoms with Crippen molar-refractivity contribution < 1.29 is 9.59 Å². The number of thiophene rings is 2. The van der Waals surface area contributed by atoms with Crippen molar-refractivity contribution in [2.45, 2.75) is 71.9 Å². The molecule has 0 fully saturated rings. The minimum atomic E-state index is -0.585. The Balaban J connectivity index is 1.53.